The number of rotatable bonds is 3. The lowest BCUT2D eigenvalue weighted by atomic mass is 10.00. The van der Waals surface area contributed by atoms with E-state index in [2.05, 4.69) is 42.5 Å². The molecule has 0 radical (unpaired) electrons. The van der Waals surface area contributed by atoms with Gasteiger partial charge in [-0.25, -0.2) is 4.79 Å². The van der Waals surface area contributed by atoms with E-state index in [0.717, 1.165) is 5.56 Å². The summed E-state index contributed by atoms with van der Waals surface area (Å²) in [7, 11) is 0. The van der Waals surface area contributed by atoms with Crippen LogP contribution in [0.3, 0.4) is 0 Å². The van der Waals surface area contributed by atoms with Crippen molar-refractivity contribution >= 4 is 33.6 Å². The molecule has 0 heterocycles. The Morgan fingerprint density at radius 3 is 2.62 bits per heavy atom. The van der Waals surface area contributed by atoms with Gasteiger partial charge < -0.3 is 4.74 Å². The molecule has 3 rings (SSSR count). The van der Waals surface area contributed by atoms with Gasteiger partial charge in [-0.2, -0.15) is 0 Å². The van der Waals surface area contributed by atoms with Crippen LogP contribution in [0.5, 0.6) is 0 Å². The van der Waals surface area contributed by atoms with Crippen LogP contribution in [0.2, 0.25) is 0 Å². The molecule has 0 saturated carbocycles. The van der Waals surface area contributed by atoms with Crippen molar-refractivity contribution in [2.75, 3.05) is 6.61 Å². The van der Waals surface area contributed by atoms with Gasteiger partial charge >= 0.3 is 5.97 Å². The van der Waals surface area contributed by atoms with Crippen molar-refractivity contribution < 1.29 is 9.53 Å². The normalized spacial score (nSPS) is 11.3. The molecule has 0 aliphatic rings. The molecule has 0 unspecified atom stereocenters. The van der Waals surface area contributed by atoms with E-state index in [4.69, 9.17) is 4.74 Å². The van der Waals surface area contributed by atoms with Crippen LogP contribution in [0.25, 0.3) is 27.6 Å². The minimum Gasteiger partial charge on any atom is -0.463 e. The molecule has 0 N–H and O–H groups in total. The standard InChI is InChI=1S/C19H16O2/c1-2-21-19(20)12-8-14-7-11-18-16(13-14)10-9-15-5-3-4-6-17(15)18/h3-13H,2H2,1H3/b12-8+. The van der Waals surface area contributed by atoms with Gasteiger partial charge in [0.2, 0.25) is 0 Å². The highest BCUT2D eigenvalue weighted by molar-refractivity contribution is 6.07. The summed E-state index contributed by atoms with van der Waals surface area (Å²) < 4.78 is 4.88. The summed E-state index contributed by atoms with van der Waals surface area (Å²) in [6.45, 7) is 2.19. The molecule has 0 amide bonds. The van der Waals surface area contributed by atoms with Gasteiger partial charge in [0.25, 0.3) is 0 Å². The van der Waals surface area contributed by atoms with Crippen LogP contribution in [0, 0.1) is 0 Å². The molecule has 0 aromatic heterocycles. The summed E-state index contributed by atoms with van der Waals surface area (Å²) in [5.41, 5.74) is 0.992. The second kappa shape index (κ2) is 5.80. The van der Waals surface area contributed by atoms with E-state index < -0.39 is 0 Å². The van der Waals surface area contributed by atoms with Crippen molar-refractivity contribution in [2.45, 2.75) is 6.92 Å². The van der Waals surface area contributed by atoms with Crippen molar-refractivity contribution in [2.24, 2.45) is 0 Å². The molecule has 21 heavy (non-hydrogen) atoms. The fourth-order valence-electron chi connectivity index (χ4n) is 2.49. The monoisotopic (exact) mass is 276 g/mol. The van der Waals surface area contributed by atoms with Crippen molar-refractivity contribution in [3.63, 3.8) is 0 Å². The first-order chi connectivity index (χ1) is 10.3. The van der Waals surface area contributed by atoms with Crippen LogP contribution < -0.4 is 0 Å². The van der Waals surface area contributed by atoms with Gasteiger partial charge in [0, 0.05) is 6.08 Å². The number of carbonyl (C=O) groups is 1. The molecule has 2 nitrogen and oxygen atoms in total. The SMILES string of the molecule is CCOC(=O)/C=C/c1ccc2c(ccc3ccccc32)c1. The van der Waals surface area contributed by atoms with Crippen molar-refractivity contribution in [1.82, 2.24) is 0 Å². The number of esters is 1. The summed E-state index contributed by atoms with van der Waals surface area (Å²) in [4.78, 5) is 11.3. The zero-order valence-electron chi connectivity index (χ0n) is 11.9. The Kier molecular flexibility index (Phi) is 3.69. The summed E-state index contributed by atoms with van der Waals surface area (Å²) in [6, 6.07) is 18.8. The fraction of sp³-hybridized carbons (Fsp3) is 0.105. The first-order valence-corrected chi connectivity index (χ1v) is 7.04. The molecule has 0 fully saturated rings. The van der Waals surface area contributed by atoms with Crippen molar-refractivity contribution in [1.29, 1.82) is 0 Å². The quantitative estimate of drug-likeness (QED) is 0.398. The number of carbonyl (C=O) groups excluding carboxylic acids is 1. The maximum atomic E-state index is 11.3. The first-order valence-electron chi connectivity index (χ1n) is 7.04. The van der Waals surface area contributed by atoms with Gasteiger partial charge in [0.15, 0.2) is 0 Å². The maximum absolute atomic E-state index is 11.3. The molecule has 0 bridgehead atoms. The Morgan fingerprint density at radius 1 is 1.00 bits per heavy atom. The molecule has 0 saturated heterocycles. The Morgan fingerprint density at radius 2 is 1.76 bits per heavy atom. The molecule has 0 aliphatic heterocycles. The van der Waals surface area contributed by atoms with Gasteiger partial charge in [-0.15, -0.1) is 0 Å². The Labute approximate surface area is 123 Å². The smallest absolute Gasteiger partial charge is 0.330 e. The van der Waals surface area contributed by atoms with Gasteiger partial charge in [0.1, 0.15) is 0 Å². The summed E-state index contributed by atoms with van der Waals surface area (Å²) in [5.74, 6) is -0.309. The average Bonchev–Trinajstić information content (AvgIpc) is 2.53. The zero-order valence-corrected chi connectivity index (χ0v) is 11.9. The van der Waals surface area contributed by atoms with E-state index in [9.17, 15) is 4.79 Å². The molecular weight excluding hydrogens is 260 g/mol. The lowest BCUT2D eigenvalue weighted by Gasteiger charge is -2.04. The summed E-state index contributed by atoms with van der Waals surface area (Å²) >= 11 is 0. The van der Waals surface area contributed by atoms with Gasteiger partial charge in [0.05, 0.1) is 6.61 Å². The number of benzene rings is 3. The summed E-state index contributed by atoms with van der Waals surface area (Å²) in [5, 5.41) is 4.87. The second-order valence-corrected chi connectivity index (χ2v) is 4.85. The second-order valence-electron chi connectivity index (χ2n) is 4.85. The number of ether oxygens (including phenoxy) is 1. The third-order valence-electron chi connectivity index (χ3n) is 3.47. The minimum atomic E-state index is -0.309. The van der Waals surface area contributed by atoms with E-state index in [0.29, 0.717) is 6.61 Å². The van der Waals surface area contributed by atoms with Crippen molar-refractivity contribution in [3.8, 4) is 0 Å². The predicted octanol–water partition coefficient (Wildman–Crippen LogP) is 4.57. The van der Waals surface area contributed by atoms with Crippen LogP contribution in [0.15, 0.2) is 60.7 Å². The molecule has 3 aromatic carbocycles. The van der Waals surface area contributed by atoms with Crippen LogP contribution in [-0.4, -0.2) is 12.6 Å². The van der Waals surface area contributed by atoms with Crippen LogP contribution in [0.1, 0.15) is 12.5 Å². The molecule has 2 heteroatoms. The largest absolute Gasteiger partial charge is 0.463 e. The first kappa shape index (κ1) is 13.4. The predicted molar refractivity (Wildman–Crippen MR) is 87.1 cm³/mol. The van der Waals surface area contributed by atoms with E-state index in [1.54, 1.807) is 13.0 Å². The van der Waals surface area contributed by atoms with Crippen LogP contribution >= 0.6 is 0 Å². The third-order valence-corrected chi connectivity index (χ3v) is 3.47. The fourth-order valence-corrected chi connectivity index (χ4v) is 2.49. The topological polar surface area (TPSA) is 26.3 Å². The number of hydrogen-bond donors (Lipinski definition) is 0. The number of fused-ring (bicyclic) bond motifs is 3. The molecule has 104 valence electrons. The lowest BCUT2D eigenvalue weighted by molar-refractivity contribution is -0.137. The molecular formula is C19H16O2. The lowest BCUT2D eigenvalue weighted by Crippen LogP contribution is -1.98. The Bertz CT molecular complexity index is 831. The third kappa shape index (κ3) is 2.79. The molecule has 0 atom stereocenters. The number of hydrogen-bond acceptors (Lipinski definition) is 2. The highest BCUT2D eigenvalue weighted by atomic mass is 16.5. The zero-order chi connectivity index (χ0) is 14.7. The van der Waals surface area contributed by atoms with Crippen molar-refractivity contribution in [3.05, 3.63) is 66.2 Å². The van der Waals surface area contributed by atoms with Crippen LogP contribution in [0.4, 0.5) is 0 Å². The Balaban J connectivity index is 2.01. The molecule has 3 aromatic rings. The van der Waals surface area contributed by atoms with Gasteiger partial charge in [-0.1, -0.05) is 48.5 Å². The highest BCUT2D eigenvalue weighted by Crippen LogP contribution is 2.26. The van der Waals surface area contributed by atoms with Crippen LogP contribution in [-0.2, 0) is 9.53 Å². The molecule has 0 aliphatic carbocycles. The summed E-state index contributed by atoms with van der Waals surface area (Å²) in [6.07, 6.45) is 3.25. The van der Waals surface area contributed by atoms with E-state index in [-0.39, 0.29) is 5.97 Å². The maximum Gasteiger partial charge on any atom is 0.330 e. The molecule has 0 spiro atoms. The average molecular weight is 276 g/mol. The van der Waals surface area contributed by atoms with E-state index >= 15 is 0 Å². The highest BCUT2D eigenvalue weighted by Gasteiger charge is 2.01. The van der Waals surface area contributed by atoms with Gasteiger partial charge in [-0.3, -0.25) is 0 Å². The minimum absolute atomic E-state index is 0.309. The van der Waals surface area contributed by atoms with E-state index in [1.165, 1.54) is 27.6 Å². The van der Waals surface area contributed by atoms with E-state index in [1.807, 2.05) is 12.1 Å². The van der Waals surface area contributed by atoms with Gasteiger partial charge in [-0.05, 0) is 46.2 Å². The Hall–Kier alpha value is -2.61.